The lowest BCUT2D eigenvalue weighted by molar-refractivity contribution is -0.0584. The van der Waals surface area contributed by atoms with Gasteiger partial charge >= 0.3 is 5.97 Å². The summed E-state index contributed by atoms with van der Waals surface area (Å²) in [5.41, 5.74) is 3.00. The van der Waals surface area contributed by atoms with Gasteiger partial charge in [0.15, 0.2) is 0 Å². The number of carbonyl (C=O) groups excluding carboxylic acids is 3. The Morgan fingerprint density at radius 3 is 2.43 bits per heavy atom. The zero-order valence-electron chi connectivity index (χ0n) is 11.6. The molecule has 0 saturated heterocycles. The van der Waals surface area contributed by atoms with Crippen LogP contribution in [0.4, 0.5) is 0 Å². The summed E-state index contributed by atoms with van der Waals surface area (Å²) in [7, 11) is 0. The smallest absolute Gasteiger partial charge is 0.324 e. The molecule has 3 aromatic rings. The third-order valence-corrected chi connectivity index (χ3v) is 4.31. The number of hydrogen-bond acceptors (Lipinski definition) is 6. The molecule has 0 bridgehead atoms. The molecule has 112 valence electrons. The second kappa shape index (κ2) is 4.99. The zero-order chi connectivity index (χ0) is 16.0. The maximum Gasteiger partial charge on any atom is 0.364 e. The van der Waals surface area contributed by atoms with Crippen LogP contribution < -0.4 is 0 Å². The van der Waals surface area contributed by atoms with Gasteiger partial charge in [-0.05, 0) is 30.3 Å². The molecule has 0 fully saturated rings. The van der Waals surface area contributed by atoms with Gasteiger partial charge in [0.1, 0.15) is 0 Å². The van der Waals surface area contributed by atoms with Crippen molar-refractivity contribution < 1.29 is 19.2 Å². The third kappa shape index (κ3) is 2.09. The number of aromatic nitrogens is 1. The molecule has 0 unspecified atom stereocenters. The number of nitrogens with zero attached hydrogens (tertiary/aromatic N) is 2. The van der Waals surface area contributed by atoms with E-state index in [1.165, 1.54) is 23.5 Å². The van der Waals surface area contributed by atoms with Gasteiger partial charge in [0, 0.05) is 0 Å². The molecule has 0 spiro atoms. The van der Waals surface area contributed by atoms with Crippen LogP contribution in [0.25, 0.3) is 10.2 Å². The summed E-state index contributed by atoms with van der Waals surface area (Å²) in [6.45, 7) is 0. The number of fused-ring (bicyclic) bond motifs is 2. The molecular formula is C16H8N2O4S. The summed E-state index contributed by atoms with van der Waals surface area (Å²) >= 11 is 1.45. The number of imide groups is 1. The standard InChI is InChI=1S/C16H8N2O4S/c19-14-10-3-1-2-4-11(10)15(20)18(14)22-16(21)9-5-6-13-12(7-9)17-8-23-13/h1-8H. The molecule has 0 saturated carbocycles. The number of hydrogen-bond donors (Lipinski definition) is 0. The highest BCUT2D eigenvalue weighted by atomic mass is 32.1. The van der Waals surface area contributed by atoms with Crippen LogP contribution in [-0.4, -0.2) is 27.8 Å². The van der Waals surface area contributed by atoms with Gasteiger partial charge in [-0.1, -0.05) is 17.2 Å². The Balaban J connectivity index is 1.62. The zero-order valence-corrected chi connectivity index (χ0v) is 12.4. The Morgan fingerprint density at radius 1 is 1.04 bits per heavy atom. The van der Waals surface area contributed by atoms with Crippen molar-refractivity contribution >= 4 is 39.3 Å². The first-order valence-electron chi connectivity index (χ1n) is 6.68. The lowest BCUT2D eigenvalue weighted by Crippen LogP contribution is -2.32. The second-order valence-electron chi connectivity index (χ2n) is 4.86. The van der Waals surface area contributed by atoms with Gasteiger partial charge in [-0.25, -0.2) is 9.78 Å². The second-order valence-corrected chi connectivity index (χ2v) is 5.75. The van der Waals surface area contributed by atoms with Crippen LogP contribution in [0.2, 0.25) is 0 Å². The van der Waals surface area contributed by atoms with E-state index in [4.69, 9.17) is 4.84 Å². The maximum absolute atomic E-state index is 12.2. The van der Waals surface area contributed by atoms with E-state index in [1.54, 1.807) is 35.8 Å². The minimum absolute atomic E-state index is 0.222. The minimum atomic E-state index is -0.783. The SMILES string of the molecule is O=C(ON1C(=O)c2ccccc2C1=O)c1ccc2scnc2c1. The van der Waals surface area contributed by atoms with Crippen LogP contribution >= 0.6 is 11.3 Å². The molecular weight excluding hydrogens is 316 g/mol. The Hall–Kier alpha value is -3.06. The fraction of sp³-hybridized carbons (Fsp3) is 0. The average Bonchev–Trinajstić information content (AvgIpc) is 3.13. The van der Waals surface area contributed by atoms with E-state index in [9.17, 15) is 14.4 Å². The molecule has 4 rings (SSSR count). The summed E-state index contributed by atoms with van der Waals surface area (Å²) in [6, 6.07) is 11.2. The van der Waals surface area contributed by atoms with Crippen LogP contribution in [0.1, 0.15) is 31.1 Å². The van der Waals surface area contributed by atoms with Crippen molar-refractivity contribution in [1.29, 1.82) is 0 Å². The topological polar surface area (TPSA) is 76.6 Å². The Bertz CT molecular complexity index is 944. The van der Waals surface area contributed by atoms with Gasteiger partial charge in [-0.3, -0.25) is 9.59 Å². The number of benzene rings is 2. The van der Waals surface area contributed by atoms with E-state index < -0.39 is 17.8 Å². The molecule has 1 aliphatic rings. The van der Waals surface area contributed by atoms with E-state index >= 15 is 0 Å². The molecule has 2 amide bonds. The van der Waals surface area contributed by atoms with Crippen molar-refractivity contribution in [2.75, 3.05) is 0 Å². The normalized spacial score (nSPS) is 13.5. The Labute approximate surface area is 133 Å². The highest BCUT2D eigenvalue weighted by Crippen LogP contribution is 2.24. The predicted molar refractivity (Wildman–Crippen MR) is 82.0 cm³/mol. The van der Waals surface area contributed by atoms with Gasteiger partial charge in [-0.15, -0.1) is 11.3 Å². The molecule has 1 aromatic heterocycles. The van der Waals surface area contributed by atoms with Gasteiger partial charge < -0.3 is 4.84 Å². The molecule has 0 radical (unpaired) electrons. The summed E-state index contributed by atoms with van der Waals surface area (Å²) in [6.07, 6.45) is 0. The van der Waals surface area contributed by atoms with Crippen molar-refractivity contribution in [2.24, 2.45) is 0 Å². The van der Waals surface area contributed by atoms with E-state index in [2.05, 4.69) is 4.98 Å². The molecule has 6 nitrogen and oxygen atoms in total. The molecule has 23 heavy (non-hydrogen) atoms. The van der Waals surface area contributed by atoms with Crippen molar-refractivity contribution in [2.45, 2.75) is 0 Å². The van der Waals surface area contributed by atoms with Crippen LogP contribution in [0.3, 0.4) is 0 Å². The first-order valence-corrected chi connectivity index (χ1v) is 7.56. The Kier molecular flexibility index (Phi) is 2.95. The fourth-order valence-electron chi connectivity index (χ4n) is 2.37. The fourth-order valence-corrected chi connectivity index (χ4v) is 3.03. The molecule has 7 heteroatoms. The lowest BCUT2D eigenvalue weighted by Gasteiger charge is -2.12. The molecule has 2 aromatic carbocycles. The summed E-state index contributed by atoms with van der Waals surface area (Å²) < 4.78 is 0.933. The number of hydroxylamine groups is 2. The van der Waals surface area contributed by atoms with Crippen LogP contribution in [0.15, 0.2) is 48.0 Å². The molecule has 0 N–H and O–H groups in total. The van der Waals surface area contributed by atoms with Crippen molar-refractivity contribution in [3.8, 4) is 0 Å². The van der Waals surface area contributed by atoms with Crippen molar-refractivity contribution in [3.05, 3.63) is 64.7 Å². The van der Waals surface area contributed by atoms with E-state index in [0.717, 1.165) is 4.70 Å². The molecule has 0 aliphatic carbocycles. The summed E-state index contributed by atoms with van der Waals surface area (Å²) in [5, 5.41) is 0.498. The number of rotatable bonds is 2. The molecule has 2 heterocycles. The molecule has 1 aliphatic heterocycles. The summed E-state index contributed by atoms with van der Waals surface area (Å²) in [5.74, 6) is -2.07. The van der Waals surface area contributed by atoms with E-state index in [0.29, 0.717) is 10.6 Å². The van der Waals surface area contributed by atoms with Crippen molar-refractivity contribution in [1.82, 2.24) is 10.0 Å². The lowest BCUT2D eigenvalue weighted by atomic mass is 10.1. The van der Waals surface area contributed by atoms with Gasteiger partial charge in [0.05, 0.1) is 32.4 Å². The van der Waals surface area contributed by atoms with Crippen molar-refractivity contribution in [3.63, 3.8) is 0 Å². The number of amides is 2. The van der Waals surface area contributed by atoms with Gasteiger partial charge in [0.2, 0.25) is 0 Å². The maximum atomic E-state index is 12.2. The minimum Gasteiger partial charge on any atom is -0.324 e. The quantitative estimate of drug-likeness (QED) is 0.677. The Morgan fingerprint density at radius 2 is 1.74 bits per heavy atom. The summed E-state index contributed by atoms with van der Waals surface area (Å²) in [4.78, 5) is 45.7. The third-order valence-electron chi connectivity index (χ3n) is 3.50. The average molecular weight is 324 g/mol. The monoisotopic (exact) mass is 324 g/mol. The van der Waals surface area contributed by atoms with E-state index in [1.807, 2.05) is 0 Å². The first kappa shape index (κ1) is 13.6. The first-order chi connectivity index (χ1) is 11.1. The number of thiazole rings is 1. The van der Waals surface area contributed by atoms with Crippen LogP contribution in [0.5, 0.6) is 0 Å². The van der Waals surface area contributed by atoms with Gasteiger partial charge in [-0.2, -0.15) is 0 Å². The van der Waals surface area contributed by atoms with Gasteiger partial charge in [0.25, 0.3) is 11.8 Å². The van der Waals surface area contributed by atoms with Crippen LogP contribution in [-0.2, 0) is 4.84 Å². The largest absolute Gasteiger partial charge is 0.364 e. The predicted octanol–water partition coefficient (Wildman–Crippen LogP) is 2.66. The highest BCUT2D eigenvalue weighted by Gasteiger charge is 2.38. The molecule has 0 atom stereocenters. The highest BCUT2D eigenvalue weighted by molar-refractivity contribution is 7.16. The van der Waals surface area contributed by atoms with Crippen LogP contribution in [0, 0.1) is 0 Å². The number of carbonyl (C=O) groups is 3. The van der Waals surface area contributed by atoms with E-state index in [-0.39, 0.29) is 16.7 Å².